The number of rotatable bonds is 4. The molecule has 0 radical (unpaired) electrons. The van der Waals surface area contributed by atoms with E-state index in [2.05, 4.69) is 16.3 Å². The molecule has 1 unspecified atom stereocenters. The summed E-state index contributed by atoms with van der Waals surface area (Å²) >= 11 is 3.63. The molecule has 0 aromatic rings. The highest BCUT2D eigenvalue weighted by atomic mass is 32.9. The summed E-state index contributed by atoms with van der Waals surface area (Å²) in [6.45, 7) is -1.92. The second-order valence-corrected chi connectivity index (χ2v) is 8.28. The summed E-state index contributed by atoms with van der Waals surface area (Å²) in [6, 6.07) is 0. The predicted octanol–water partition coefficient (Wildman–Crippen LogP) is 2.45. The maximum absolute atomic E-state index is 11.6. The van der Waals surface area contributed by atoms with Crippen molar-refractivity contribution in [1.29, 1.82) is 0 Å². The van der Waals surface area contributed by atoms with E-state index < -0.39 is 30.4 Å². The third-order valence-electron chi connectivity index (χ3n) is 0.773. The Hall–Kier alpha value is 0.500. The molecule has 0 saturated carbocycles. The summed E-state index contributed by atoms with van der Waals surface area (Å²) in [6.07, 6.45) is -9.42. The number of halogens is 6. The van der Waals surface area contributed by atoms with Gasteiger partial charge in [0, 0.05) is 5.69 Å². The molecule has 15 heavy (non-hydrogen) atoms. The minimum atomic E-state index is -4.77. The van der Waals surface area contributed by atoms with Crippen LogP contribution in [0.3, 0.4) is 0 Å². The molecule has 0 rings (SSSR count). The lowest BCUT2D eigenvalue weighted by Gasteiger charge is -2.27. The maximum atomic E-state index is 11.6. The second kappa shape index (κ2) is 5.22. The summed E-state index contributed by atoms with van der Waals surface area (Å²) in [4.78, 5) is 10.9. The molecule has 0 saturated heterocycles. The summed E-state index contributed by atoms with van der Waals surface area (Å²) in [5.41, 5.74) is -4.33. The van der Waals surface area contributed by atoms with Gasteiger partial charge in [0.2, 0.25) is 0 Å². The van der Waals surface area contributed by atoms with Crippen molar-refractivity contribution in [2.45, 2.75) is 12.4 Å². The summed E-state index contributed by atoms with van der Waals surface area (Å²) in [7, 11) is 0. The predicted molar refractivity (Wildman–Crippen MR) is 44.8 cm³/mol. The molecule has 0 N–H and O–H groups in total. The Morgan fingerprint density at radius 2 is 1.60 bits per heavy atom. The number of hydrogen-bond donors (Lipinski definition) is 0. The molecule has 0 fully saturated rings. The van der Waals surface area contributed by atoms with Crippen molar-refractivity contribution in [3.63, 3.8) is 0 Å². The molecular formula is C4H4F6O2PS2-. The van der Waals surface area contributed by atoms with E-state index in [0.29, 0.717) is 0 Å². The van der Waals surface area contributed by atoms with Crippen LogP contribution in [0, 0.1) is 0 Å². The first-order chi connectivity index (χ1) is 6.41. The third-order valence-corrected chi connectivity index (χ3v) is 4.91. The lowest BCUT2D eigenvalue weighted by molar-refractivity contribution is -0.197. The van der Waals surface area contributed by atoms with Gasteiger partial charge in [-0.3, -0.25) is 0 Å². The van der Waals surface area contributed by atoms with Gasteiger partial charge in [0.05, 0.1) is 5.75 Å². The first-order valence-electron chi connectivity index (χ1n) is 3.15. The molecule has 0 heterocycles. The monoisotopic (exact) mass is 293 g/mol. The van der Waals surface area contributed by atoms with Crippen molar-refractivity contribution in [1.82, 2.24) is 0 Å². The zero-order chi connectivity index (χ0) is 12.3. The fourth-order valence-electron chi connectivity index (χ4n) is 0.342. The quantitative estimate of drug-likeness (QED) is 0.589. The molecule has 0 aliphatic carbocycles. The molecule has 0 aliphatic heterocycles. The van der Waals surface area contributed by atoms with Crippen LogP contribution in [0.15, 0.2) is 0 Å². The van der Waals surface area contributed by atoms with Gasteiger partial charge in [0.1, 0.15) is 6.61 Å². The van der Waals surface area contributed by atoms with Crippen LogP contribution in [0.1, 0.15) is 0 Å². The lowest BCUT2D eigenvalue weighted by Crippen LogP contribution is -2.19. The Labute approximate surface area is 89.9 Å². The van der Waals surface area contributed by atoms with Crippen LogP contribution in [-0.2, 0) is 16.3 Å². The van der Waals surface area contributed by atoms with E-state index in [4.69, 9.17) is 0 Å². The van der Waals surface area contributed by atoms with Gasteiger partial charge in [-0.1, -0.05) is 11.8 Å². The number of hydrogen-bond acceptors (Lipinski definition) is 4. The molecule has 0 amide bonds. The van der Waals surface area contributed by atoms with E-state index in [1.54, 1.807) is 0 Å². The van der Waals surface area contributed by atoms with Gasteiger partial charge in [-0.25, -0.2) is 0 Å². The minimum absolute atomic E-state index is 0.351. The van der Waals surface area contributed by atoms with Crippen LogP contribution in [0.5, 0.6) is 0 Å². The fraction of sp³-hybridized carbons (Fsp3) is 1.00. The van der Waals surface area contributed by atoms with Gasteiger partial charge in [-0.2, -0.15) is 26.3 Å². The zero-order valence-corrected chi connectivity index (χ0v) is 9.29. The van der Waals surface area contributed by atoms with Crippen molar-refractivity contribution in [2.75, 3.05) is 12.4 Å². The van der Waals surface area contributed by atoms with Gasteiger partial charge in [-0.05, 0) is 0 Å². The molecule has 11 heteroatoms. The van der Waals surface area contributed by atoms with E-state index in [0.717, 1.165) is 0 Å². The van der Waals surface area contributed by atoms with Crippen molar-refractivity contribution >= 4 is 28.9 Å². The molecule has 0 aliphatic rings. The van der Waals surface area contributed by atoms with E-state index in [1.807, 2.05) is 0 Å². The van der Waals surface area contributed by atoms with Gasteiger partial charge in [0.25, 0.3) is 0 Å². The van der Waals surface area contributed by atoms with Crippen molar-refractivity contribution in [3.05, 3.63) is 0 Å². The highest BCUT2D eigenvalue weighted by Crippen LogP contribution is 2.54. The summed E-state index contributed by atoms with van der Waals surface area (Å²) in [5.74, 6) is -1.61. The maximum Gasteiger partial charge on any atom is 0.412 e. The van der Waals surface area contributed by atoms with Gasteiger partial charge in [0.15, 0.2) is 0 Å². The van der Waals surface area contributed by atoms with Crippen LogP contribution >= 0.6 is 17.1 Å². The van der Waals surface area contributed by atoms with Crippen LogP contribution in [-0.4, -0.2) is 24.7 Å². The van der Waals surface area contributed by atoms with E-state index in [1.165, 1.54) is 0 Å². The van der Waals surface area contributed by atoms with Gasteiger partial charge in [-0.15, -0.1) is 11.4 Å². The molecule has 1 atom stereocenters. The number of alkyl halides is 6. The first-order valence-corrected chi connectivity index (χ1v) is 7.38. The third kappa shape index (κ3) is 10.8. The second-order valence-electron chi connectivity index (χ2n) is 2.22. The first kappa shape index (κ1) is 15.5. The average Bonchev–Trinajstić information content (AvgIpc) is 1.96. The normalized spacial score (nSPS) is 17.5. The molecule has 0 aromatic heterocycles. The average molecular weight is 293 g/mol. The topological polar surface area (TPSA) is 32.3 Å². The Morgan fingerprint density at radius 3 is 1.93 bits per heavy atom. The Morgan fingerprint density at radius 1 is 1.13 bits per heavy atom. The lowest BCUT2D eigenvalue weighted by atomic mass is 10.7. The van der Waals surface area contributed by atoms with Gasteiger partial charge < -0.3 is 9.42 Å². The highest BCUT2D eigenvalue weighted by molar-refractivity contribution is 8.67. The van der Waals surface area contributed by atoms with Crippen LogP contribution in [0.25, 0.3) is 0 Å². The molecule has 2 nitrogen and oxygen atoms in total. The molecular weight excluding hydrogens is 289 g/mol. The molecule has 92 valence electrons. The van der Waals surface area contributed by atoms with Crippen LogP contribution in [0.2, 0.25) is 0 Å². The Kier molecular flexibility index (Phi) is 5.39. The molecule has 0 spiro atoms. The molecule has 0 bridgehead atoms. The van der Waals surface area contributed by atoms with Crippen LogP contribution in [0.4, 0.5) is 26.3 Å². The fourth-order valence-corrected chi connectivity index (χ4v) is 2.95. The SMILES string of the molecule is [O-]P(=S)(OCC(F)(F)F)SCC(F)(F)F. The van der Waals surface area contributed by atoms with Gasteiger partial charge >= 0.3 is 12.4 Å². The van der Waals surface area contributed by atoms with E-state index in [-0.39, 0.29) is 11.4 Å². The van der Waals surface area contributed by atoms with Crippen molar-refractivity contribution in [2.24, 2.45) is 0 Å². The summed E-state index contributed by atoms with van der Waals surface area (Å²) < 4.78 is 73.1. The summed E-state index contributed by atoms with van der Waals surface area (Å²) in [5, 5.41) is 0. The largest absolute Gasteiger partial charge is 0.793 e. The molecule has 0 aromatic carbocycles. The standard InChI is InChI=1S/C4H5F6O2PS2/c5-3(6,7)1-12-13(11,14)15-2-4(8,9)10/h1-2H2,(H,11,14)/p-1. The Bertz CT molecular complexity index is 228. The van der Waals surface area contributed by atoms with E-state index in [9.17, 15) is 31.2 Å². The van der Waals surface area contributed by atoms with Crippen molar-refractivity contribution < 1.29 is 35.8 Å². The van der Waals surface area contributed by atoms with Crippen molar-refractivity contribution in [3.8, 4) is 0 Å². The van der Waals surface area contributed by atoms with E-state index >= 15 is 0 Å². The minimum Gasteiger partial charge on any atom is -0.793 e. The van der Waals surface area contributed by atoms with Crippen LogP contribution < -0.4 is 4.89 Å². The Balaban J connectivity index is 4.04. The zero-order valence-electron chi connectivity index (χ0n) is 6.76. The highest BCUT2D eigenvalue weighted by Gasteiger charge is 2.32. The smallest absolute Gasteiger partial charge is 0.412 e.